The number of aliphatic hydroxyl groups is 2. The highest BCUT2D eigenvalue weighted by atomic mass is 31.2. The molecule has 2 atom stereocenters. The summed E-state index contributed by atoms with van der Waals surface area (Å²) < 4.78 is 19.5. The minimum Gasteiger partial charge on any atom is -0.463 e. The normalized spacial score (nSPS) is 14.2. The van der Waals surface area contributed by atoms with Crippen molar-refractivity contribution in [3.05, 3.63) is 12.2 Å². The summed E-state index contributed by atoms with van der Waals surface area (Å²) in [7, 11) is -4.64. The van der Waals surface area contributed by atoms with Crippen molar-refractivity contribution in [3.63, 3.8) is 0 Å². The van der Waals surface area contributed by atoms with Crippen LogP contribution in [0.5, 0.6) is 0 Å². The second-order valence-corrected chi connectivity index (χ2v) is 8.87. The summed E-state index contributed by atoms with van der Waals surface area (Å²) in [6.07, 6.45) is 15.1. The number of allylic oxidation sites excluding steroid dienone is 1. The first-order valence-corrected chi connectivity index (χ1v) is 12.7. The van der Waals surface area contributed by atoms with Gasteiger partial charge in [0.2, 0.25) is 0 Å². The standard InChI is InChI=1S/C21H41O8P/c1-2-3-4-5-8-11-14-19(22)15-12-9-6-7-10-13-16-21(24)28-17-20(23)18-29-30(25,26)27/h12,15,19-20,22-23H,2-11,13-14,16-18H2,1H3,(H2,25,26,27)/b15-12+/t19?,20-/m0/s1. The summed E-state index contributed by atoms with van der Waals surface area (Å²) in [4.78, 5) is 28.6. The molecule has 30 heavy (non-hydrogen) atoms. The van der Waals surface area contributed by atoms with E-state index in [4.69, 9.17) is 14.5 Å². The van der Waals surface area contributed by atoms with E-state index >= 15 is 0 Å². The Kier molecular flexibility index (Phi) is 18.5. The summed E-state index contributed by atoms with van der Waals surface area (Å²) in [6, 6.07) is 0. The lowest BCUT2D eigenvalue weighted by Crippen LogP contribution is -2.23. The summed E-state index contributed by atoms with van der Waals surface area (Å²) in [5.41, 5.74) is 0. The molecule has 0 aliphatic rings. The number of rotatable bonds is 20. The van der Waals surface area contributed by atoms with Gasteiger partial charge in [0.25, 0.3) is 0 Å². The summed E-state index contributed by atoms with van der Waals surface area (Å²) >= 11 is 0. The number of ether oxygens (including phenoxy) is 1. The van der Waals surface area contributed by atoms with E-state index in [0.717, 1.165) is 38.5 Å². The lowest BCUT2D eigenvalue weighted by molar-refractivity contribution is -0.147. The predicted molar refractivity (Wildman–Crippen MR) is 116 cm³/mol. The summed E-state index contributed by atoms with van der Waals surface area (Å²) in [5, 5.41) is 19.3. The third-order valence-electron chi connectivity index (χ3n) is 4.59. The zero-order valence-corrected chi connectivity index (χ0v) is 19.2. The summed E-state index contributed by atoms with van der Waals surface area (Å²) in [6.45, 7) is 1.25. The molecular weight excluding hydrogens is 411 g/mol. The van der Waals surface area contributed by atoms with Gasteiger partial charge in [0, 0.05) is 6.42 Å². The number of esters is 1. The van der Waals surface area contributed by atoms with Gasteiger partial charge in [-0.3, -0.25) is 9.32 Å². The molecule has 0 heterocycles. The number of hydrogen-bond donors (Lipinski definition) is 4. The number of phosphoric acid groups is 1. The molecule has 0 saturated heterocycles. The van der Waals surface area contributed by atoms with Crippen molar-refractivity contribution < 1.29 is 38.6 Å². The largest absolute Gasteiger partial charge is 0.469 e. The van der Waals surface area contributed by atoms with E-state index in [9.17, 15) is 19.6 Å². The van der Waals surface area contributed by atoms with E-state index < -0.39 is 26.5 Å². The van der Waals surface area contributed by atoms with Gasteiger partial charge >= 0.3 is 13.8 Å². The van der Waals surface area contributed by atoms with Crippen molar-refractivity contribution in [2.45, 2.75) is 103 Å². The molecule has 1 unspecified atom stereocenters. The average molecular weight is 453 g/mol. The minimum atomic E-state index is -4.64. The molecule has 9 heteroatoms. The Morgan fingerprint density at radius 2 is 1.57 bits per heavy atom. The molecule has 0 aliphatic heterocycles. The van der Waals surface area contributed by atoms with Crippen molar-refractivity contribution in [1.82, 2.24) is 0 Å². The van der Waals surface area contributed by atoms with Crippen LogP contribution in [-0.4, -0.2) is 51.4 Å². The van der Waals surface area contributed by atoms with Gasteiger partial charge in [0.05, 0.1) is 12.7 Å². The molecule has 0 rings (SSSR count). The van der Waals surface area contributed by atoms with Crippen molar-refractivity contribution >= 4 is 13.8 Å². The van der Waals surface area contributed by atoms with Crippen LogP contribution in [0.4, 0.5) is 0 Å². The minimum absolute atomic E-state index is 0.235. The highest BCUT2D eigenvalue weighted by molar-refractivity contribution is 7.46. The van der Waals surface area contributed by atoms with E-state index in [0.29, 0.717) is 6.42 Å². The maximum absolute atomic E-state index is 11.6. The first-order chi connectivity index (χ1) is 14.2. The Hall–Kier alpha value is -0.760. The van der Waals surface area contributed by atoms with Crippen LogP contribution in [0.25, 0.3) is 0 Å². The van der Waals surface area contributed by atoms with E-state index in [1.165, 1.54) is 32.1 Å². The fourth-order valence-corrected chi connectivity index (χ4v) is 3.23. The molecule has 0 amide bonds. The molecule has 0 aromatic rings. The van der Waals surface area contributed by atoms with Gasteiger partial charge in [-0.2, -0.15) is 0 Å². The molecule has 178 valence electrons. The van der Waals surface area contributed by atoms with Crippen LogP contribution in [0.3, 0.4) is 0 Å². The topological polar surface area (TPSA) is 134 Å². The number of hydrogen-bond acceptors (Lipinski definition) is 6. The van der Waals surface area contributed by atoms with Crippen LogP contribution in [0.1, 0.15) is 90.4 Å². The zero-order valence-electron chi connectivity index (χ0n) is 18.3. The maximum atomic E-state index is 11.6. The number of phosphoric ester groups is 1. The third-order valence-corrected chi connectivity index (χ3v) is 5.07. The Morgan fingerprint density at radius 3 is 2.27 bits per heavy atom. The lowest BCUT2D eigenvalue weighted by Gasteiger charge is -2.12. The number of unbranched alkanes of at least 4 members (excludes halogenated alkanes) is 9. The van der Waals surface area contributed by atoms with Crippen molar-refractivity contribution in [2.75, 3.05) is 13.2 Å². The first kappa shape index (κ1) is 29.2. The van der Waals surface area contributed by atoms with Crippen LogP contribution in [0, 0.1) is 0 Å². The monoisotopic (exact) mass is 452 g/mol. The Labute approximate surface area is 180 Å². The lowest BCUT2D eigenvalue weighted by atomic mass is 10.1. The molecule has 0 aromatic carbocycles. The van der Waals surface area contributed by atoms with Crippen molar-refractivity contribution in [3.8, 4) is 0 Å². The smallest absolute Gasteiger partial charge is 0.463 e. The number of carbonyl (C=O) groups is 1. The molecular formula is C21H41O8P. The van der Waals surface area contributed by atoms with Gasteiger partial charge in [-0.1, -0.05) is 70.4 Å². The predicted octanol–water partition coefficient (Wildman–Crippen LogP) is 4.01. The van der Waals surface area contributed by atoms with Crippen molar-refractivity contribution in [1.29, 1.82) is 0 Å². The highest BCUT2D eigenvalue weighted by Crippen LogP contribution is 2.35. The first-order valence-electron chi connectivity index (χ1n) is 11.1. The van der Waals surface area contributed by atoms with Crippen LogP contribution in [0.15, 0.2) is 12.2 Å². The molecule has 0 fully saturated rings. The molecule has 0 aliphatic carbocycles. The highest BCUT2D eigenvalue weighted by Gasteiger charge is 2.17. The van der Waals surface area contributed by atoms with Gasteiger partial charge in [-0.15, -0.1) is 0 Å². The molecule has 4 N–H and O–H groups in total. The quantitative estimate of drug-likeness (QED) is 0.0942. The van der Waals surface area contributed by atoms with Crippen LogP contribution >= 0.6 is 7.82 Å². The Bertz CT molecular complexity index is 491. The molecule has 0 spiro atoms. The van der Waals surface area contributed by atoms with Gasteiger partial charge in [-0.25, -0.2) is 4.57 Å². The SMILES string of the molecule is CCCCCCCCC(O)/C=C/CCCCCCC(=O)OC[C@H](O)COP(=O)(O)O. The zero-order chi connectivity index (χ0) is 22.7. The number of carbonyl (C=O) groups excluding carboxylic acids is 1. The number of aliphatic hydroxyl groups excluding tert-OH is 2. The molecule has 0 radical (unpaired) electrons. The van der Waals surface area contributed by atoms with Crippen LogP contribution in [-0.2, 0) is 18.6 Å². The second kappa shape index (κ2) is 19.0. The molecule has 0 saturated carbocycles. The van der Waals surface area contributed by atoms with Crippen LogP contribution < -0.4 is 0 Å². The van der Waals surface area contributed by atoms with E-state index in [-0.39, 0.29) is 19.1 Å². The van der Waals surface area contributed by atoms with Crippen LogP contribution in [0.2, 0.25) is 0 Å². The summed E-state index contributed by atoms with van der Waals surface area (Å²) in [5.74, 6) is -0.456. The molecule has 0 aromatic heterocycles. The van der Waals surface area contributed by atoms with E-state index in [1.54, 1.807) is 0 Å². The average Bonchev–Trinajstić information content (AvgIpc) is 2.68. The fourth-order valence-electron chi connectivity index (χ4n) is 2.86. The molecule has 0 bridgehead atoms. The van der Waals surface area contributed by atoms with Crippen molar-refractivity contribution in [2.24, 2.45) is 0 Å². The Morgan fingerprint density at radius 1 is 0.933 bits per heavy atom. The van der Waals surface area contributed by atoms with Gasteiger partial charge in [0.15, 0.2) is 0 Å². The van der Waals surface area contributed by atoms with E-state index in [2.05, 4.69) is 11.4 Å². The third kappa shape index (κ3) is 21.9. The van der Waals surface area contributed by atoms with E-state index in [1.807, 2.05) is 12.2 Å². The maximum Gasteiger partial charge on any atom is 0.469 e. The fraction of sp³-hybridized carbons (Fsp3) is 0.857. The molecule has 8 nitrogen and oxygen atoms in total. The Balaban J connectivity index is 3.52. The van der Waals surface area contributed by atoms with Gasteiger partial charge in [-0.05, 0) is 25.7 Å². The van der Waals surface area contributed by atoms with Gasteiger partial charge in [0.1, 0.15) is 12.7 Å². The van der Waals surface area contributed by atoms with Gasteiger partial charge < -0.3 is 24.7 Å². The second-order valence-electron chi connectivity index (χ2n) is 7.63.